The minimum absolute atomic E-state index is 0.0181. The van der Waals surface area contributed by atoms with Gasteiger partial charge < -0.3 is 14.0 Å². The van der Waals surface area contributed by atoms with E-state index < -0.39 is 0 Å². The van der Waals surface area contributed by atoms with Gasteiger partial charge in [-0.15, -0.1) is 0 Å². The minimum Gasteiger partial charge on any atom is -0.492 e. The van der Waals surface area contributed by atoms with Crippen molar-refractivity contribution in [3.05, 3.63) is 50.8 Å². The number of hydrogen-bond donors (Lipinski definition) is 0. The zero-order valence-corrected chi connectivity index (χ0v) is 17.3. The molecule has 1 aromatic carbocycles. The molecule has 28 heavy (non-hydrogen) atoms. The maximum atomic E-state index is 12.5. The van der Waals surface area contributed by atoms with E-state index in [4.69, 9.17) is 21.1 Å². The SMILES string of the molecule is COCCCOc1cc2c(cc1Cl)-c1cc(=O)c(C(C)=O)cn1[C@H]1[C@@H]2C1(C)C. The number of fused-ring (bicyclic) bond motifs is 6. The number of nitrogens with zero attached hydrogens (tertiary/aromatic N) is 1. The molecule has 2 aromatic rings. The molecule has 1 aliphatic heterocycles. The van der Waals surface area contributed by atoms with Gasteiger partial charge in [0.05, 0.1) is 22.9 Å². The summed E-state index contributed by atoms with van der Waals surface area (Å²) in [5.74, 6) is 0.740. The maximum absolute atomic E-state index is 12.5. The predicted molar refractivity (Wildman–Crippen MR) is 109 cm³/mol. The average Bonchev–Trinajstić information content (AvgIpc) is 3.21. The molecule has 0 spiro atoms. The second kappa shape index (κ2) is 6.75. The highest BCUT2D eigenvalue weighted by atomic mass is 35.5. The van der Waals surface area contributed by atoms with Crippen LogP contribution >= 0.6 is 11.6 Å². The Morgan fingerprint density at radius 2 is 2.00 bits per heavy atom. The van der Waals surface area contributed by atoms with Crippen molar-refractivity contribution in [1.82, 2.24) is 4.57 Å². The Hall–Kier alpha value is -2.11. The largest absolute Gasteiger partial charge is 0.492 e. The van der Waals surface area contributed by atoms with Crippen LogP contribution in [0.15, 0.2) is 29.2 Å². The van der Waals surface area contributed by atoms with Gasteiger partial charge in [0.1, 0.15) is 5.75 Å². The van der Waals surface area contributed by atoms with Crippen LogP contribution in [0.3, 0.4) is 0 Å². The molecule has 0 N–H and O–H groups in total. The topological polar surface area (TPSA) is 57.5 Å². The van der Waals surface area contributed by atoms with E-state index in [0.717, 1.165) is 23.2 Å². The lowest BCUT2D eigenvalue weighted by Gasteiger charge is -2.23. The molecule has 0 saturated heterocycles. The third-order valence-corrected chi connectivity index (χ3v) is 6.29. The van der Waals surface area contributed by atoms with Gasteiger partial charge in [0.2, 0.25) is 0 Å². The number of hydrogen-bond acceptors (Lipinski definition) is 4. The number of halogens is 1. The molecular formula is C22H24ClNO4. The summed E-state index contributed by atoms with van der Waals surface area (Å²) in [6.45, 7) is 7.01. The lowest BCUT2D eigenvalue weighted by molar-refractivity contribution is 0.101. The number of pyridine rings is 1. The summed E-state index contributed by atoms with van der Waals surface area (Å²) in [5.41, 5.74) is 2.90. The Morgan fingerprint density at radius 1 is 1.25 bits per heavy atom. The lowest BCUT2D eigenvalue weighted by atomic mass is 9.94. The molecule has 1 aromatic heterocycles. The van der Waals surface area contributed by atoms with Gasteiger partial charge in [0, 0.05) is 49.9 Å². The number of rotatable bonds is 6. The molecule has 0 unspecified atom stereocenters. The normalized spacial score (nSPS) is 20.8. The highest BCUT2D eigenvalue weighted by molar-refractivity contribution is 6.32. The van der Waals surface area contributed by atoms with E-state index in [0.29, 0.717) is 24.0 Å². The van der Waals surface area contributed by atoms with Crippen LogP contribution in [-0.2, 0) is 4.74 Å². The van der Waals surface area contributed by atoms with Crippen molar-refractivity contribution in [1.29, 1.82) is 0 Å². The average molecular weight is 402 g/mol. The van der Waals surface area contributed by atoms with Crippen LogP contribution in [-0.4, -0.2) is 30.7 Å². The number of methoxy groups -OCH3 is 1. The first-order valence-electron chi connectivity index (χ1n) is 9.50. The number of carbonyl (C=O) groups is 1. The fourth-order valence-corrected chi connectivity index (χ4v) is 4.72. The molecule has 1 saturated carbocycles. The summed E-state index contributed by atoms with van der Waals surface area (Å²) in [4.78, 5) is 24.3. The van der Waals surface area contributed by atoms with E-state index in [1.807, 2.05) is 12.1 Å². The van der Waals surface area contributed by atoms with Crippen molar-refractivity contribution in [2.45, 2.75) is 39.2 Å². The number of aromatic nitrogens is 1. The van der Waals surface area contributed by atoms with Crippen LogP contribution in [0.5, 0.6) is 5.75 Å². The number of benzene rings is 1. The third-order valence-electron chi connectivity index (χ3n) is 5.99. The molecule has 1 aliphatic carbocycles. The van der Waals surface area contributed by atoms with Gasteiger partial charge in [-0.25, -0.2) is 0 Å². The molecule has 4 rings (SSSR count). The van der Waals surface area contributed by atoms with Crippen LogP contribution in [0.1, 0.15) is 55.1 Å². The highest BCUT2D eigenvalue weighted by Gasteiger charge is 2.62. The van der Waals surface area contributed by atoms with Gasteiger partial charge >= 0.3 is 0 Å². The molecule has 2 heterocycles. The van der Waals surface area contributed by atoms with E-state index in [2.05, 4.69) is 18.4 Å². The molecule has 5 nitrogen and oxygen atoms in total. The number of ketones is 1. The van der Waals surface area contributed by atoms with Crippen LogP contribution in [0.25, 0.3) is 11.3 Å². The number of Topliss-reactive ketones (excluding diaryl/α,β-unsaturated/α-hetero) is 1. The van der Waals surface area contributed by atoms with Gasteiger partial charge in [0.25, 0.3) is 0 Å². The molecule has 148 valence electrons. The minimum atomic E-state index is -0.252. The third kappa shape index (κ3) is 2.88. The van der Waals surface area contributed by atoms with Crippen molar-refractivity contribution in [2.75, 3.05) is 20.3 Å². The molecule has 1 fully saturated rings. The van der Waals surface area contributed by atoms with Crippen molar-refractivity contribution < 1.29 is 14.3 Å². The monoisotopic (exact) mass is 401 g/mol. The molecule has 0 bridgehead atoms. The van der Waals surface area contributed by atoms with E-state index in [-0.39, 0.29) is 34.2 Å². The fourth-order valence-electron chi connectivity index (χ4n) is 4.51. The van der Waals surface area contributed by atoms with Gasteiger partial charge in [0.15, 0.2) is 11.2 Å². The van der Waals surface area contributed by atoms with Crippen LogP contribution in [0.2, 0.25) is 5.02 Å². The van der Waals surface area contributed by atoms with Crippen molar-refractivity contribution in [3.8, 4) is 17.0 Å². The molecule has 0 amide bonds. The summed E-state index contributed by atoms with van der Waals surface area (Å²) in [7, 11) is 1.66. The van der Waals surface area contributed by atoms with Crippen LogP contribution in [0.4, 0.5) is 0 Å². The van der Waals surface area contributed by atoms with Gasteiger partial charge in [-0.05, 0) is 30.0 Å². The first-order valence-corrected chi connectivity index (χ1v) is 9.88. The van der Waals surface area contributed by atoms with Crippen molar-refractivity contribution >= 4 is 17.4 Å². The van der Waals surface area contributed by atoms with E-state index in [1.165, 1.54) is 6.92 Å². The summed E-state index contributed by atoms with van der Waals surface area (Å²) >= 11 is 6.50. The predicted octanol–water partition coefficient (Wildman–Crippen LogP) is 4.46. The fraction of sp³-hybridized carbons (Fsp3) is 0.455. The first kappa shape index (κ1) is 19.2. The Bertz CT molecular complexity index is 1020. The van der Waals surface area contributed by atoms with Gasteiger partial charge in [-0.1, -0.05) is 25.4 Å². The summed E-state index contributed by atoms with van der Waals surface area (Å²) < 4.78 is 13.0. The lowest BCUT2D eigenvalue weighted by Crippen LogP contribution is -2.19. The summed E-state index contributed by atoms with van der Waals surface area (Å²) in [6.07, 6.45) is 2.51. The number of carbonyl (C=O) groups excluding carboxylic acids is 1. The Kier molecular flexibility index (Phi) is 4.63. The number of ether oxygens (including phenoxy) is 2. The Balaban J connectivity index is 1.81. The summed E-state index contributed by atoms with van der Waals surface area (Å²) in [6, 6.07) is 5.67. The first-order chi connectivity index (χ1) is 13.3. The van der Waals surface area contributed by atoms with Gasteiger partial charge in [-0.2, -0.15) is 0 Å². The molecule has 2 aliphatic rings. The van der Waals surface area contributed by atoms with Crippen molar-refractivity contribution in [2.24, 2.45) is 5.41 Å². The Labute approximate surface area is 169 Å². The zero-order valence-electron chi connectivity index (χ0n) is 16.5. The highest BCUT2D eigenvalue weighted by Crippen LogP contribution is 2.71. The quantitative estimate of drug-likeness (QED) is 0.529. The van der Waals surface area contributed by atoms with E-state index in [1.54, 1.807) is 19.4 Å². The van der Waals surface area contributed by atoms with Crippen LogP contribution in [0, 0.1) is 5.41 Å². The Morgan fingerprint density at radius 3 is 2.68 bits per heavy atom. The second-order valence-corrected chi connectivity index (χ2v) is 8.62. The van der Waals surface area contributed by atoms with E-state index >= 15 is 0 Å². The molecule has 0 radical (unpaired) electrons. The van der Waals surface area contributed by atoms with Gasteiger partial charge in [-0.3, -0.25) is 9.59 Å². The van der Waals surface area contributed by atoms with Crippen molar-refractivity contribution in [3.63, 3.8) is 0 Å². The zero-order chi connectivity index (χ0) is 20.2. The summed E-state index contributed by atoms with van der Waals surface area (Å²) in [5, 5.41) is 0.516. The molecule has 6 heteroatoms. The maximum Gasteiger partial charge on any atom is 0.192 e. The molecule has 2 atom stereocenters. The standard InChI is InChI=1S/C22H24ClNO4/c1-12(25)15-11-24-17(10-18(15)26)13-8-16(23)19(28-7-5-6-27-4)9-14(13)20-21(24)22(20,2)3/h8-11,20-21H,5-7H2,1-4H3/t20-,21+/m1/s1. The van der Waals surface area contributed by atoms with Crippen LogP contribution < -0.4 is 10.2 Å². The molecular weight excluding hydrogens is 378 g/mol. The van der Waals surface area contributed by atoms with E-state index in [9.17, 15) is 9.59 Å². The second-order valence-electron chi connectivity index (χ2n) is 8.21. The smallest absolute Gasteiger partial charge is 0.192 e.